The largest absolute Gasteiger partial charge is 0.304 e. The van der Waals surface area contributed by atoms with Gasteiger partial charge in [-0.05, 0) is 42.7 Å². The molecule has 0 radical (unpaired) electrons. The molecule has 0 aliphatic carbocycles. The van der Waals surface area contributed by atoms with Crippen LogP contribution in [0, 0.1) is 13.8 Å². The van der Waals surface area contributed by atoms with Crippen LogP contribution in [0.15, 0.2) is 34.5 Å². The molecule has 0 unspecified atom stereocenters. The highest BCUT2D eigenvalue weighted by molar-refractivity contribution is 7.88. The third kappa shape index (κ3) is 2.41. The van der Waals surface area contributed by atoms with Crippen LogP contribution in [-0.4, -0.2) is 13.0 Å². The normalized spacial score (nSPS) is 11.7. The molecule has 0 spiro atoms. The van der Waals surface area contributed by atoms with Crippen LogP contribution in [0.4, 0.5) is 0 Å². The zero-order valence-corrected chi connectivity index (χ0v) is 11.1. The maximum atomic E-state index is 11.0. The third-order valence-electron chi connectivity index (χ3n) is 2.56. The van der Waals surface area contributed by atoms with E-state index in [1.54, 1.807) is 6.07 Å². The molecule has 1 aromatic carbocycles. The van der Waals surface area contributed by atoms with Crippen LogP contribution >= 0.6 is 11.3 Å². The van der Waals surface area contributed by atoms with E-state index < -0.39 is 10.1 Å². The lowest BCUT2D eigenvalue weighted by atomic mass is 10.0. The number of thiophene rings is 1. The molecule has 2 aromatic rings. The molecule has 17 heavy (non-hydrogen) atoms. The number of hydrogen-bond acceptors (Lipinski definition) is 3. The van der Waals surface area contributed by atoms with Crippen molar-refractivity contribution in [3.8, 4) is 10.4 Å². The second-order valence-electron chi connectivity index (χ2n) is 3.86. The van der Waals surface area contributed by atoms with E-state index in [0.29, 0.717) is 0 Å². The van der Waals surface area contributed by atoms with Crippen LogP contribution in [0.5, 0.6) is 0 Å². The first-order valence-corrected chi connectivity index (χ1v) is 7.29. The Morgan fingerprint density at radius 2 is 1.65 bits per heavy atom. The fraction of sp³-hybridized carbons (Fsp3) is 0.167. The summed E-state index contributed by atoms with van der Waals surface area (Å²) in [6.07, 6.45) is 0. The Morgan fingerprint density at radius 3 is 2.12 bits per heavy atom. The fourth-order valence-corrected chi connectivity index (χ4v) is 3.64. The van der Waals surface area contributed by atoms with Crippen LogP contribution in [0.2, 0.25) is 0 Å². The van der Waals surface area contributed by atoms with Crippen LogP contribution in [-0.2, 0) is 10.1 Å². The lowest BCUT2D eigenvalue weighted by Crippen LogP contribution is -1.93. The maximum Gasteiger partial charge on any atom is 0.304 e. The second kappa shape index (κ2) is 4.25. The molecule has 0 saturated carbocycles. The minimum absolute atomic E-state index is 0.0184. The molecule has 1 N–H and O–H groups in total. The Hall–Kier alpha value is -1.17. The summed E-state index contributed by atoms with van der Waals surface area (Å²) in [5.41, 5.74) is 3.22. The summed E-state index contributed by atoms with van der Waals surface area (Å²) in [5.74, 6) is 0. The number of hydrogen-bond donors (Lipinski definition) is 1. The molecule has 0 aliphatic rings. The molecule has 0 bridgehead atoms. The summed E-state index contributed by atoms with van der Waals surface area (Å²) < 4.78 is 31.0. The molecule has 0 fully saturated rings. The predicted octanol–water partition coefficient (Wildman–Crippen LogP) is 3.28. The molecule has 2 rings (SSSR count). The zero-order chi connectivity index (χ0) is 12.6. The Kier molecular flexibility index (Phi) is 3.07. The van der Waals surface area contributed by atoms with Gasteiger partial charge in [-0.1, -0.05) is 18.2 Å². The van der Waals surface area contributed by atoms with E-state index in [-0.39, 0.29) is 4.21 Å². The van der Waals surface area contributed by atoms with Gasteiger partial charge in [-0.15, -0.1) is 11.3 Å². The Balaban J connectivity index is 2.59. The van der Waals surface area contributed by atoms with Gasteiger partial charge in [0.05, 0.1) is 0 Å². The summed E-state index contributed by atoms with van der Waals surface area (Å²) in [7, 11) is -4.10. The monoisotopic (exact) mass is 268 g/mol. The van der Waals surface area contributed by atoms with Crippen molar-refractivity contribution < 1.29 is 13.0 Å². The zero-order valence-electron chi connectivity index (χ0n) is 9.47. The number of aryl methyl sites for hydroxylation is 2. The van der Waals surface area contributed by atoms with Gasteiger partial charge < -0.3 is 0 Å². The number of benzene rings is 1. The van der Waals surface area contributed by atoms with Gasteiger partial charge in [0.1, 0.15) is 4.21 Å². The smallest absolute Gasteiger partial charge is 0.281 e. The van der Waals surface area contributed by atoms with E-state index in [0.717, 1.165) is 32.9 Å². The van der Waals surface area contributed by atoms with E-state index in [1.165, 1.54) is 6.07 Å². The summed E-state index contributed by atoms with van der Waals surface area (Å²) >= 11 is 1.08. The van der Waals surface area contributed by atoms with Crippen molar-refractivity contribution in [3.63, 3.8) is 0 Å². The average molecular weight is 268 g/mol. The van der Waals surface area contributed by atoms with E-state index in [2.05, 4.69) is 0 Å². The van der Waals surface area contributed by atoms with Crippen LogP contribution < -0.4 is 0 Å². The second-order valence-corrected chi connectivity index (χ2v) is 6.59. The van der Waals surface area contributed by atoms with Crippen molar-refractivity contribution in [3.05, 3.63) is 41.5 Å². The molecule has 1 heterocycles. The van der Waals surface area contributed by atoms with Gasteiger partial charge in [0.2, 0.25) is 0 Å². The lowest BCUT2D eigenvalue weighted by Gasteiger charge is -2.06. The molecule has 5 heteroatoms. The van der Waals surface area contributed by atoms with Crippen LogP contribution in [0.25, 0.3) is 10.4 Å². The molecule has 0 amide bonds. The molecule has 3 nitrogen and oxygen atoms in total. The van der Waals surface area contributed by atoms with E-state index in [4.69, 9.17) is 4.55 Å². The van der Waals surface area contributed by atoms with Crippen molar-refractivity contribution in [1.29, 1.82) is 0 Å². The van der Waals surface area contributed by atoms with Crippen molar-refractivity contribution in [2.45, 2.75) is 18.1 Å². The lowest BCUT2D eigenvalue weighted by molar-refractivity contribution is 0.485. The van der Waals surface area contributed by atoms with Crippen molar-refractivity contribution in [2.75, 3.05) is 0 Å². The summed E-state index contributed by atoms with van der Waals surface area (Å²) in [4.78, 5) is 0.855. The first kappa shape index (κ1) is 12.3. The molecule has 0 saturated heterocycles. The Labute approximate surface area is 104 Å². The van der Waals surface area contributed by atoms with E-state index in [1.807, 2.05) is 32.0 Å². The van der Waals surface area contributed by atoms with Gasteiger partial charge in [0, 0.05) is 4.88 Å². The van der Waals surface area contributed by atoms with Gasteiger partial charge in [-0.2, -0.15) is 8.42 Å². The van der Waals surface area contributed by atoms with Gasteiger partial charge in [0.15, 0.2) is 0 Å². The first-order valence-electron chi connectivity index (χ1n) is 5.03. The minimum atomic E-state index is -4.10. The summed E-state index contributed by atoms with van der Waals surface area (Å²) in [5, 5.41) is 0. The van der Waals surface area contributed by atoms with Gasteiger partial charge in [-0.3, -0.25) is 4.55 Å². The number of rotatable bonds is 2. The molecular formula is C12H12O3S2. The van der Waals surface area contributed by atoms with Crippen molar-refractivity contribution in [1.82, 2.24) is 0 Å². The fourth-order valence-electron chi connectivity index (χ4n) is 1.80. The van der Waals surface area contributed by atoms with Gasteiger partial charge in [0.25, 0.3) is 0 Å². The minimum Gasteiger partial charge on any atom is -0.281 e. The van der Waals surface area contributed by atoms with Crippen molar-refractivity contribution >= 4 is 21.5 Å². The Bertz CT molecular complexity index is 634. The molecule has 0 atom stereocenters. The quantitative estimate of drug-likeness (QED) is 0.850. The highest BCUT2D eigenvalue weighted by atomic mass is 32.3. The first-order chi connectivity index (χ1) is 7.89. The maximum absolute atomic E-state index is 11.0. The average Bonchev–Trinajstić information content (AvgIpc) is 2.65. The third-order valence-corrected chi connectivity index (χ3v) is 4.99. The Morgan fingerprint density at radius 1 is 1.06 bits per heavy atom. The predicted molar refractivity (Wildman–Crippen MR) is 69.0 cm³/mol. The van der Waals surface area contributed by atoms with E-state index in [9.17, 15) is 8.42 Å². The van der Waals surface area contributed by atoms with E-state index >= 15 is 0 Å². The van der Waals surface area contributed by atoms with Crippen LogP contribution in [0.3, 0.4) is 0 Å². The molecule has 1 aromatic heterocycles. The summed E-state index contributed by atoms with van der Waals surface area (Å²) in [6, 6.07) is 9.08. The van der Waals surface area contributed by atoms with Gasteiger partial charge >= 0.3 is 10.1 Å². The highest BCUT2D eigenvalue weighted by Gasteiger charge is 2.15. The standard InChI is InChI=1S/C12H12O3S2/c1-8-4-3-5-9(2)12(8)10-6-7-11(16-10)17(13,14)15/h3-7H,1-2H3,(H,13,14,15). The van der Waals surface area contributed by atoms with Crippen LogP contribution in [0.1, 0.15) is 11.1 Å². The molecule has 0 aliphatic heterocycles. The van der Waals surface area contributed by atoms with Gasteiger partial charge in [-0.25, -0.2) is 0 Å². The topological polar surface area (TPSA) is 54.4 Å². The molecule has 90 valence electrons. The molecular weight excluding hydrogens is 256 g/mol. The SMILES string of the molecule is Cc1cccc(C)c1-c1ccc(S(=O)(=O)O)s1. The van der Waals surface area contributed by atoms with Crippen molar-refractivity contribution in [2.24, 2.45) is 0 Å². The highest BCUT2D eigenvalue weighted by Crippen LogP contribution is 2.34. The summed E-state index contributed by atoms with van der Waals surface area (Å²) in [6.45, 7) is 3.96.